The molecule has 0 radical (unpaired) electrons. The maximum absolute atomic E-state index is 12.9. The molecule has 1 aliphatic heterocycles. The lowest BCUT2D eigenvalue weighted by Gasteiger charge is -2.15. The molecule has 1 aliphatic rings. The zero-order chi connectivity index (χ0) is 25.2. The minimum atomic E-state index is -4.04. The molecule has 3 aromatic rings. The number of carbonyl (C=O) groups is 1. The van der Waals surface area contributed by atoms with E-state index in [1.807, 2.05) is 19.1 Å². The Morgan fingerprint density at radius 3 is 2.51 bits per heavy atom. The molecule has 2 N–H and O–H groups in total. The third-order valence-electron chi connectivity index (χ3n) is 5.57. The van der Waals surface area contributed by atoms with E-state index in [0.29, 0.717) is 24.5 Å². The summed E-state index contributed by atoms with van der Waals surface area (Å²) >= 11 is 0. The van der Waals surface area contributed by atoms with E-state index in [1.54, 1.807) is 37.3 Å². The molecule has 0 spiro atoms. The molecule has 0 unspecified atom stereocenters. The van der Waals surface area contributed by atoms with Crippen LogP contribution in [-0.4, -0.2) is 32.6 Å². The number of nitrogens with one attached hydrogen (secondary N) is 2. The van der Waals surface area contributed by atoms with Crippen molar-refractivity contribution >= 4 is 38.9 Å². The maximum atomic E-state index is 12.9. The van der Waals surface area contributed by atoms with Gasteiger partial charge in [-0.05, 0) is 55.3 Å². The van der Waals surface area contributed by atoms with Crippen LogP contribution in [-0.2, 0) is 21.3 Å². The van der Waals surface area contributed by atoms with Gasteiger partial charge in [0.1, 0.15) is 12.3 Å². The van der Waals surface area contributed by atoms with Crippen LogP contribution in [0.25, 0.3) is 0 Å². The van der Waals surface area contributed by atoms with Gasteiger partial charge >= 0.3 is 6.09 Å². The molecule has 0 saturated carbocycles. The van der Waals surface area contributed by atoms with Crippen molar-refractivity contribution in [3.8, 4) is 0 Å². The number of nitrogens with zero attached hydrogens (tertiary/aromatic N) is 2. The number of anilines is 3. The van der Waals surface area contributed by atoms with E-state index in [4.69, 9.17) is 4.74 Å². The third-order valence-corrected chi connectivity index (χ3v) is 6.93. The highest BCUT2D eigenvalue weighted by atomic mass is 32.2. The van der Waals surface area contributed by atoms with Crippen molar-refractivity contribution < 1.29 is 22.9 Å². The molecule has 0 bridgehead atoms. The normalized spacial score (nSPS) is 13.4. The summed E-state index contributed by atoms with van der Waals surface area (Å²) in [5.41, 5.74) is 3.39. The fourth-order valence-corrected chi connectivity index (χ4v) is 4.92. The van der Waals surface area contributed by atoms with Crippen molar-refractivity contribution in [2.45, 2.75) is 25.3 Å². The van der Waals surface area contributed by atoms with Crippen LogP contribution in [0.5, 0.6) is 0 Å². The molecule has 11 heteroatoms. The predicted molar refractivity (Wildman–Crippen MR) is 132 cm³/mol. The molecule has 0 atom stereocenters. The van der Waals surface area contributed by atoms with E-state index in [0.717, 1.165) is 22.8 Å². The van der Waals surface area contributed by atoms with Crippen molar-refractivity contribution in [1.29, 1.82) is 0 Å². The van der Waals surface area contributed by atoms with Gasteiger partial charge < -0.3 is 10.1 Å². The standard InChI is InChI=1S/C24H24N4O6S/c1-16-6-8-21(17(2)12-16)26-35(32,33)20-7-9-22(23(14-20)28(30)31)25-15-18-4-3-5-19(13-18)27-10-11-34-24(27)29/h3-9,12-14,25-26H,10-11,15H2,1-2H3. The zero-order valence-electron chi connectivity index (χ0n) is 19.1. The Hall–Kier alpha value is -4.12. The first kappa shape index (κ1) is 24.0. The van der Waals surface area contributed by atoms with Crippen molar-refractivity contribution in [1.82, 2.24) is 0 Å². The van der Waals surface area contributed by atoms with Crippen LogP contribution in [0.3, 0.4) is 0 Å². The molecule has 4 rings (SSSR count). The number of ether oxygens (including phenoxy) is 1. The van der Waals surface area contributed by atoms with Crippen molar-refractivity contribution in [2.24, 2.45) is 0 Å². The second kappa shape index (κ2) is 9.63. The fraction of sp³-hybridized carbons (Fsp3) is 0.208. The number of hydrogen-bond acceptors (Lipinski definition) is 7. The number of aryl methyl sites for hydroxylation is 2. The molecule has 1 heterocycles. The van der Waals surface area contributed by atoms with Crippen molar-refractivity contribution in [2.75, 3.05) is 28.1 Å². The molecule has 182 valence electrons. The van der Waals surface area contributed by atoms with Gasteiger partial charge in [-0.2, -0.15) is 0 Å². The quantitative estimate of drug-likeness (QED) is 0.345. The van der Waals surface area contributed by atoms with E-state index in [1.165, 1.54) is 17.0 Å². The monoisotopic (exact) mass is 496 g/mol. The number of hydrogen-bond donors (Lipinski definition) is 2. The minimum Gasteiger partial charge on any atom is -0.447 e. The lowest BCUT2D eigenvalue weighted by atomic mass is 10.1. The van der Waals surface area contributed by atoms with E-state index >= 15 is 0 Å². The Morgan fingerprint density at radius 1 is 1.06 bits per heavy atom. The van der Waals surface area contributed by atoms with Gasteiger partial charge in [0.2, 0.25) is 0 Å². The highest BCUT2D eigenvalue weighted by Gasteiger charge is 2.24. The second-order valence-corrected chi connectivity index (χ2v) is 9.83. The summed E-state index contributed by atoms with van der Waals surface area (Å²) in [4.78, 5) is 24.2. The molecule has 3 aromatic carbocycles. The van der Waals surface area contributed by atoms with Gasteiger partial charge in [0.25, 0.3) is 15.7 Å². The number of carbonyl (C=O) groups excluding carboxylic acids is 1. The highest BCUT2D eigenvalue weighted by molar-refractivity contribution is 7.92. The van der Waals surface area contributed by atoms with Crippen LogP contribution in [0, 0.1) is 24.0 Å². The summed E-state index contributed by atoms with van der Waals surface area (Å²) in [7, 11) is -4.04. The van der Waals surface area contributed by atoms with Gasteiger partial charge in [0, 0.05) is 18.3 Å². The number of sulfonamides is 1. The summed E-state index contributed by atoms with van der Waals surface area (Å²) in [6, 6.07) is 16.2. The van der Waals surface area contributed by atoms with Gasteiger partial charge in [0.15, 0.2) is 0 Å². The topological polar surface area (TPSA) is 131 Å². The molecule has 10 nitrogen and oxygen atoms in total. The second-order valence-electron chi connectivity index (χ2n) is 8.15. The number of nitro benzene ring substituents is 1. The lowest BCUT2D eigenvalue weighted by Crippen LogP contribution is -2.23. The first-order valence-corrected chi connectivity index (χ1v) is 12.3. The van der Waals surface area contributed by atoms with Crippen molar-refractivity contribution in [3.05, 3.63) is 87.5 Å². The Labute approximate surface area is 202 Å². The molecular formula is C24H24N4O6S. The Kier molecular flexibility index (Phi) is 6.61. The van der Waals surface area contributed by atoms with E-state index in [2.05, 4.69) is 10.0 Å². The van der Waals surface area contributed by atoms with E-state index in [9.17, 15) is 23.3 Å². The van der Waals surface area contributed by atoms with Crippen LogP contribution in [0.4, 0.5) is 27.5 Å². The maximum Gasteiger partial charge on any atom is 0.414 e. The van der Waals surface area contributed by atoms with Gasteiger partial charge in [-0.25, -0.2) is 13.2 Å². The summed E-state index contributed by atoms with van der Waals surface area (Å²) < 4.78 is 33.3. The Balaban J connectivity index is 1.54. The summed E-state index contributed by atoms with van der Waals surface area (Å²) in [6.07, 6.45) is -0.419. The fourth-order valence-electron chi connectivity index (χ4n) is 3.77. The average molecular weight is 497 g/mol. The zero-order valence-corrected chi connectivity index (χ0v) is 20.0. The molecule has 0 aromatic heterocycles. The van der Waals surface area contributed by atoms with Crippen LogP contribution in [0.1, 0.15) is 16.7 Å². The Bertz CT molecular complexity index is 1410. The molecule has 1 fully saturated rings. The van der Waals surface area contributed by atoms with Gasteiger partial charge in [-0.3, -0.25) is 19.7 Å². The molecule has 1 saturated heterocycles. The number of cyclic esters (lactones) is 1. The highest BCUT2D eigenvalue weighted by Crippen LogP contribution is 2.30. The number of amides is 1. The van der Waals surface area contributed by atoms with Crippen LogP contribution >= 0.6 is 0 Å². The number of benzene rings is 3. The molecule has 0 aliphatic carbocycles. The number of rotatable bonds is 8. The smallest absolute Gasteiger partial charge is 0.414 e. The summed E-state index contributed by atoms with van der Waals surface area (Å²) in [6.45, 7) is 4.68. The first-order chi connectivity index (χ1) is 16.6. The first-order valence-electron chi connectivity index (χ1n) is 10.8. The SMILES string of the molecule is Cc1ccc(NS(=O)(=O)c2ccc(NCc3cccc(N4CCOC4=O)c3)c([N+](=O)[O-])c2)c(C)c1. The lowest BCUT2D eigenvalue weighted by molar-refractivity contribution is -0.384. The van der Waals surface area contributed by atoms with E-state index in [-0.39, 0.29) is 22.8 Å². The average Bonchev–Trinajstić information content (AvgIpc) is 3.25. The largest absolute Gasteiger partial charge is 0.447 e. The summed E-state index contributed by atoms with van der Waals surface area (Å²) in [5, 5.41) is 14.7. The molecule has 35 heavy (non-hydrogen) atoms. The molecular weight excluding hydrogens is 472 g/mol. The van der Waals surface area contributed by atoms with Gasteiger partial charge in [0.05, 0.1) is 22.1 Å². The van der Waals surface area contributed by atoms with Gasteiger partial charge in [-0.15, -0.1) is 0 Å². The predicted octanol–water partition coefficient (Wildman–Crippen LogP) is 4.58. The third kappa shape index (κ3) is 5.35. The number of nitro groups is 1. The van der Waals surface area contributed by atoms with Crippen LogP contribution < -0.4 is 14.9 Å². The van der Waals surface area contributed by atoms with Crippen LogP contribution in [0.2, 0.25) is 0 Å². The van der Waals surface area contributed by atoms with Crippen LogP contribution in [0.15, 0.2) is 65.6 Å². The summed E-state index contributed by atoms with van der Waals surface area (Å²) in [5.74, 6) is 0. The van der Waals surface area contributed by atoms with Gasteiger partial charge in [-0.1, -0.05) is 29.8 Å². The minimum absolute atomic E-state index is 0.173. The Morgan fingerprint density at radius 2 is 1.83 bits per heavy atom. The van der Waals surface area contributed by atoms with Crippen molar-refractivity contribution in [3.63, 3.8) is 0 Å². The molecule has 1 amide bonds. The van der Waals surface area contributed by atoms with E-state index < -0.39 is 21.0 Å².